The van der Waals surface area contributed by atoms with Crippen molar-refractivity contribution in [3.05, 3.63) is 32.9 Å². The molecule has 0 spiro atoms. The van der Waals surface area contributed by atoms with Gasteiger partial charge in [0, 0.05) is 3.57 Å². The van der Waals surface area contributed by atoms with Gasteiger partial charge in [0.25, 0.3) is 0 Å². The zero-order chi connectivity index (χ0) is 11.6. The Morgan fingerprint density at radius 1 is 1.40 bits per heavy atom. The standard InChI is InChI=1S/C9H6F3IO2/c10-9(11,12)6-2-1-5(3-8(14)15)7(13)4-6/h1-2,4H,3H2,(H,14,15). The quantitative estimate of drug-likeness (QED) is 0.847. The van der Waals surface area contributed by atoms with Crippen molar-refractivity contribution in [3.8, 4) is 0 Å². The van der Waals surface area contributed by atoms with Crippen LogP contribution in [0.5, 0.6) is 0 Å². The van der Waals surface area contributed by atoms with Crippen molar-refractivity contribution in [2.45, 2.75) is 12.6 Å². The number of hydrogen-bond acceptors (Lipinski definition) is 1. The minimum atomic E-state index is -4.39. The van der Waals surface area contributed by atoms with Crippen LogP contribution in [-0.2, 0) is 17.4 Å². The summed E-state index contributed by atoms with van der Waals surface area (Å²) < 4.78 is 37.0. The molecule has 6 heteroatoms. The van der Waals surface area contributed by atoms with Gasteiger partial charge in [-0.1, -0.05) is 6.07 Å². The Morgan fingerprint density at radius 2 is 2.00 bits per heavy atom. The molecule has 0 atom stereocenters. The summed E-state index contributed by atoms with van der Waals surface area (Å²) >= 11 is 1.70. The van der Waals surface area contributed by atoms with E-state index in [0.29, 0.717) is 9.13 Å². The van der Waals surface area contributed by atoms with E-state index in [1.807, 2.05) is 0 Å². The summed E-state index contributed by atoms with van der Waals surface area (Å²) in [5.41, 5.74) is -0.378. The molecule has 2 nitrogen and oxygen atoms in total. The first-order chi connectivity index (χ1) is 6.80. The molecule has 0 saturated heterocycles. The molecule has 0 heterocycles. The largest absolute Gasteiger partial charge is 0.481 e. The SMILES string of the molecule is O=C(O)Cc1ccc(C(F)(F)F)cc1I. The first-order valence-electron chi connectivity index (χ1n) is 3.88. The predicted octanol–water partition coefficient (Wildman–Crippen LogP) is 2.94. The van der Waals surface area contributed by atoms with Crippen LogP contribution < -0.4 is 0 Å². The fraction of sp³-hybridized carbons (Fsp3) is 0.222. The van der Waals surface area contributed by atoms with Gasteiger partial charge < -0.3 is 5.11 Å². The third-order valence-electron chi connectivity index (χ3n) is 1.72. The van der Waals surface area contributed by atoms with Crippen molar-refractivity contribution < 1.29 is 23.1 Å². The molecule has 0 saturated carbocycles. The molecule has 1 rings (SSSR count). The Bertz CT molecular complexity index is 387. The minimum absolute atomic E-state index is 0.267. The van der Waals surface area contributed by atoms with E-state index in [4.69, 9.17) is 5.11 Å². The molecule has 15 heavy (non-hydrogen) atoms. The lowest BCUT2D eigenvalue weighted by molar-refractivity contribution is -0.137. The molecule has 0 aliphatic heterocycles. The second-order valence-corrected chi connectivity index (χ2v) is 4.04. The van der Waals surface area contributed by atoms with Crippen molar-refractivity contribution in [3.63, 3.8) is 0 Å². The lowest BCUT2D eigenvalue weighted by atomic mass is 10.1. The van der Waals surface area contributed by atoms with E-state index in [9.17, 15) is 18.0 Å². The van der Waals surface area contributed by atoms with Gasteiger partial charge >= 0.3 is 12.1 Å². The first-order valence-corrected chi connectivity index (χ1v) is 4.96. The van der Waals surface area contributed by atoms with Crippen LogP contribution in [0.3, 0.4) is 0 Å². The Morgan fingerprint density at radius 3 is 2.40 bits per heavy atom. The van der Waals surface area contributed by atoms with Crippen molar-refractivity contribution in [1.29, 1.82) is 0 Å². The molecule has 0 radical (unpaired) electrons. The normalized spacial score (nSPS) is 11.5. The van der Waals surface area contributed by atoms with E-state index < -0.39 is 17.7 Å². The molecular formula is C9H6F3IO2. The van der Waals surface area contributed by atoms with E-state index >= 15 is 0 Å². The Labute approximate surface area is 97.2 Å². The van der Waals surface area contributed by atoms with Crippen LogP contribution >= 0.6 is 22.6 Å². The number of hydrogen-bond donors (Lipinski definition) is 1. The number of carboxylic acid groups (broad SMARTS) is 1. The molecule has 1 aromatic rings. The third kappa shape index (κ3) is 3.37. The maximum Gasteiger partial charge on any atom is 0.416 e. The summed E-state index contributed by atoms with van der Waals surface area (Å²) in [4.78, 5) is 10.4. The molecule has 0 aromatic heterocycles. The second-order valence-electron chi connectivity index (χ2n) is 2.87. The number of rotatable bonds is 2. The highest BCUT2D eigenvalue weighted by Crippen LogP contribution is 2.31. The number of alkyl halides is 3. The topological polar surface area (TPSA) is 37.3 Å². The molecule has 0 amide bonds. The number of carboxylic acids is 1. The summed E-state index contributed by atoms with van der Waals surface area (Å²) in [6, 6.07) is 3.03. The van der Waals surface area contributed by atoms with Gasteiger partial charge in [-0.05, 0) is 40.3 Å². The first kappa shape index (κ1) is 12.3. The number of benzene rings is 1. The van der Waals surface area contributed by atoms with E-state index in [-0.39, 0.29) is 6.42 Å². The Balaban J connectivity index is 3.03. The van der Waals surface area contributed by atoms with Gasteiger partial charge in [-0.3, -0.25) is 4.79 Å². The average Bonchev–Trinajstić information content (AvgIpc) is 2.05. The molecule has 82 valence electrons. The lowest BCUT2D eigenvalue weighted by Crippen LogP contribution is -2.07. The van der Waals surface area contributed by atoms with Crippen LogP contribution in [0, 0.1) is 3.57 Å². The van der Waals surface area contributed by atoms with Crippen molar-refractivity contribution in [2.75, 3.05) is 0 Å². The number of aliphatic carboxylic acids is 1. The summed E-state index contributed by atoms with van der Waals surface area (Å²) in [6.07, 6.45) is -4.65. The summed E-state index contributed by atoms with van der Waals surface area (Å²) in [5.74, 6) is -1.06. The molecule has 0 aliphatic rings. The molecule has 0 bridgehead atoms. The maximum atomic E-state index is 12.2. The maximum absolute atomic E-state index is 12.2. The van der Waals surface area contributed by atoms with Gasteiger partial charge in [0.2, 0.25) is 0 Å². The third-order valence-corrected chi connectivity index (χ3v) is 2.73. The lowest BCUT2D eigenvalue weighted by Gasteiger charge is -2.08. The van der Waals surface area contributed by atoms with E-state index in [1.54, 1.807) is 22.6 Å². The van der Waals surface area contributed by atoms with Gasteiger partial charge in [0.1, 0.15) is 0 Å². The van der Waals surface area contributed by atoms with E-state index in [2.05, 4.69) is 0 Å². The highest BCUT2D eigenvalue weighted by atomic mass is 127. The van der Waals surface area contributed by atoms with Gasteiger partial charge in [-0.2, -0.15) is 13.2 Å². The fourth-order valence-corrected chi connectivity index (χ4v) is 1.74. The van der Waals surface area contributed by atoms with Crippen LogP contribution in [0.2, 0.25) is 0 Å². The summed E-state index contributed by atoms with van der Waals surface area (Å²) in [5, 5.41) is 8.49. The molecule has 1 aromatic carbocycles. The minimum Gasteiger partial charge on any atom is -0.481 e. The van der Waals surface area contributed by atoms with Crippen molar-refractivity contribution in [2.24, 2.45) is 0 Å². The van der Waals surface area contributed by atoms with Gasteiger partial charge in [0.15, 0.2) is 0 Å². The summed E-state index contributed by atoms with van der Waals surface area (Å²) in [7, 11) is 0. The smallest absolute Gasteiger partial charge is 0.416 e. The highest BCUT2D eigenvalue weighted by Gasteiger charge is 2.30. The zero-order valence-corrected chi connectivity index (χ0v) is 9.46. The fourth-order valence-electron chi connectivity index (χ4n) is 1.03. The zero-order valence-electron chi connectivity index (χ0n) is 7.31. The predicted molar refractivity (Wildman–Crippen MR) is 55.5 cm³/mol. The van der Waals surface area contributed by atoms with E-state index in [1.165, 1.54) is 6.07 Å². The van der Waals surface area contributed by atoms with Gasteiger partial charge in [0.05, 0.1) is 12.0 Å². The molecule has 1 N–H and O–H groups in total. The van der Waals surface area contributed by atoms with Crippen LogP contribution in [0.25, 0.3) is 0 Å². The van der Waals surface area contributed by atoms with Crippen LogP contribution in [0.4, 0.5) is 13.2 Å². The number of carbonyl (C=O) groups is 1. The van der Waals surface area contributed by atoms with Crippen LogP contribution in [0.15, 0.2) is 18.2 Å². The average molecular weight is 330 g/mol. The molecule has 0 unspecified atom stereocenters. The van der Waals surface area contributed by atoms with E-state index in [0.717, 1.165) is 12.1 Å². The Hall–Kier alpha value is -0.790. The molecule has 0 fully saturated rings. The van der Waals surface area contributed by atoms with Crippen molar-refractivity contribution >= 4 is 28.6 Å². The monoisotopic (exact) mass is 330 g/mol. The van der Waals surface area contributed by atoms with Gasteiger partial charge in [-0.15, -0.1) is 0 Å². The number of halogens is 4. The second kappa shape index (κ2) is 4.38. The van der Waals surface area contributed by atoms with Crippen LogP contribution in [0.1, 0.15) is 11.1 Å². The van der Waals surface area contributed by atoms with Gasteiger partial charge in [-0.25, -0.2) is 0 Å². The summed E-state index contributed by atoms with van der Waals surface area (Å²) in [6.45, 7) is 0. The highest BCUT2D eigenvalue weighted by molar-refractivity contribution is 14.1. The molecule has 0 aliphatic carbocycles. The Kier molecular flexibility index (Phi) is 3.58. The van der Waals surface area contributed by atoms with Crippen LogP contribution in [-0.4, -0.2) is 11.1 Å². The molecular weight excluding hydrogens is 324 g/mol. The van der Waals surface area contributed by atoms with Crippen molar-refractivity contribution in [1.82, 2.24) is 0 Å².